The summed E-state index contributed by atoms with van der Waals surface area (Å²) in [7, 11) is 1.76. The largest absolute Gasteiger partial charge is 0.431 e. The van der Waals surface area contributed by atoms with E-state index in [4.69, 9.17) is 19.4 Å². The van der Waals surface area contributed by atoms with E-state index in [9.17, 15) is 13.2 Å². The number of morpholine rings is 1. The van der Waals surface area contributed by atoms with Gasteiger partial charge in [-0.25, -0.2) is 9.97 Å². The fourth-order valence-electron chi connectivity index (χ4n) is 5.59. The lowest BCUT2D eigenvalue weighted by Crippen LogP contribution is -2.36. The van der Waals surface area contributed by atoms with Gasteiger partial charge < -0.3 is 19.4 Å². The van der Waals surface area contributed by atoms with E-state index in [0.29, 0.717) is 48.6 Å². The molecule has 0 atom stereocenters. The highest BCUT2D eigenvalue weighted by molar-refractivity contribution is 7.19. The predicted molar refractivity (Wildman–Crippen MR) is 147 cm³/mol. The Morgan fingerprint density at radius 3 is 2.64 bits per heavy atom. The molecule has 5 heterocycles. The summed E-state index contributed by atoms with van der Waals surface area (Å²) in [5, 5.41) is 0.462. The van der Waals surface area contributed by atoms with Gasteiger partial charge in [-0.05, 0) is 56.5 Å². The van der Waals surface area contributed by atoms with Crippen LogP contribution in [0.5, 0.6) is 0 Å². The van der Waals surface area contributed by atoms with Crippen molar-refractivity contribution in [3.8, 4) is 11.4 Å². The van der Waals surface area contributed by atoms with Crippen molar-refractivity contribution >= 4 is 38.3 Å². The van der Waals surface area contributed by atoms with Gasteiger partial charge in [0.1, 0.15) is 5.69 Å². The number of aromatic nitrogens is 3. The molecule has 6 rings (SSSR count). The summed E-state index contributed by atoms with van der Waals surface area (Å²) >= 11 is 1.72. The SMILES string of the molecule is COCCC1CCN(Cc2cc3nc(-c4cccc5[nH]c(C(F)(F)F)cc45)nc(N4CCOCC4)c3s2)CC1. The fraction of sp³-hybridized carbons (Fsp3) is 0.500. The number of H-pyrrole nitrogens is 1. The molecule has 4 aromatic rings. The number of methoxy groups -OCH3 is 1. The smallest absolute Gasteiger partial charge is 0.385 e. The zero-order valence-electron chi connectivity index (χ0n) is 21.9. The maximum Gasteiger partial charge on any atom is 0.431 e. The molecule has 7 nitrogen and oxygen atoms in total. The van der Waals surface area contributed by atoms with Crippen LogP contribution in [-0.4, -0.2) is 73.0 Å². The van der Waals surface area contributed by atoms with Crippen molar-refractivity contribution in [2.75, 3.05) is 58.0 Å². The van der Waals surface area contributed by atoms with Crippen LogP contribution in [0.2, 0.25) is 0 Å². The molecule has 0 radical (unpaired) electrons. The van der Waals surface area contributed by atoms with Gasteiger partial charge in [-0.2, -0.15) is 13.2 Å². The number of piperidine rings is 1. The minimum Gasteiger partial charge on any atom is -0.385 e. The first-order chi connectivity index (χ1) is 18.9. The van der Waals surface area contributed by atoms with E-state index in [1.807, 2.05) is 0 Å². The van der Waals surface area contributed by atoms with Crippen molar-refractivity contribution in [3.05, 3.63) is 40.9 Å². The van der Waals surface area contributed by atoms with Crippen molar-refractivity contribution in [1.29, 1.82) is 0 Å². The van der Waals surface area contributed by atoms with E-state index in [1.165, 1.54) is 17.7 Å². The Bertz CT molecular complexity index is 1440. The molecule has 0 amide bonds. The summed E-state index contributed by atoms with van der Waals surface area (Å²) < 4.78 is 52.2. The molecule has 39 heavy (non-hydrogen) atoms. The quantitative estimate of drug-likeness (QED) is 0.302. The van der Waals surface area contributed by atoms with Gasteiger partial charge in [0.05, 0.1) is 23.4 Å². The third-order valence-corrected chi connectivity index (χ3v) is 8.85. The van der Waals surface area contributed by atoms with Crippen LogP contribution in [0.15, 0.2) is 30.3 Å². The molecule has 11 heteroatoms. The molecule has 0 aliphatic carbocycles. The molecule has 2 fully saturated rings. The maximum absolute atomic E-state index is 13.5. The minimum absolute atomic E-state index is 0.413. The standard InChI is InChI=1S/C28H32F3N5O2S/c1-37-12-7-18-5-8-35(9-6-18)17-19-15-23-25(39-19)27(36-10-13-38-14-11-36)34-26(33-23)20-3-2-4-22-21(20)16-24(32-22)28(29,30)31/h2-4,15-16,18,32H,5-14,17H2,1H3. The Hall–Kier alpha value is -2.73. The van der Waals surface area contributed by atoms with E-state index in [-0.39, 0.29) is 0 Å². The zero-order chi connectivity index (χ0) is 27.0. The summed E-state index contributed by atoms with van der Waals surface area (Å²) in [4.78, 5) is 18.3. The molecule has 0 spiro atoms. The molecule has 2 saturated heterocycles. The molecule has 1 N–H and O–H groups in total. The maximum atomic E-state index is 13.5. The molecule has 0 unspecified atom stereocenters. The molecule has 0 bridgehead atoms. The van der Waals surface area contributed by atoms with Gasteiger partial charge in [0.15, 0.2) is 11.6 Å². The van der Waals surface area contributed by atoms with Gasteiger partial charge >= 0.3 is 6.18 Å². The van der Waals surface area contributed by atoms with Crippen molar-refractivity contribution < 1.29 is 22.6 Å². The predicted octanol–water partition coefficient (Wildman–Crippen LogP) is 5.94. The van der Waals surface area contributed by atoms with Crippen LogP contribution < -0.4 is 4.90 Å². The number of nitrogens with one attached hydrogen (secondary N) is 1. The second-order valence-electron chi connectivity index (χ2n) is 10.3. The summed E-state index contributed by atoms with van der Waals surface area (Å²) in [6.45, 7) is 6.44. The number of aromatic amines is 1. The first-order valence-corrected chi connectivity index (χ1v) is 14.2. The van der Waals surface area contributed by atoms with Crippen LogP contribution in [0.3, 0.4) is 0 Å². The molecule has 2 aliphatic heterocycles. The van der Waals surface area contributed by atoms with E-state index in [1.54, 1.807) is 36.6 Å². The molecular weight excluding hydrogens is 527 g/mol. The summed E-state index contributed by atoms with van der Waals surface area (Å²) in [6, 6.07) is 8.47. The Morgan fingerprint density at radius 2 is 1.90 bits per heavy atom. The van der Waals surface area contributed by atoms with Crippen molar-refractivity contribution in [2.24, 2.45) is 5.92 Å². The Kier molecular flexibility index (Phi) is 7.49. The van der Waals surface area contributed by atoms with Gasteiger partial charge in [0, 0.05) is 54.7 Å². The van der Waals surface area contributed by atoms with Crippen molar-refractivity contribution in [2.45, 2.75) is 32.0 Å². The number of likely N-dealkylation sites (tertiary alicyclic amines) is 1. The molecule has 2 aliphatic rings. The number of fused-ring (bicyclic) bond motifs is 2. The summed E-state index contributed by atoms with van der Waals surface area (Å²) in [6.07, 6.45) is -0.983. The Morgan fingerprint density at radius 1 is 1.10 bits per heavy atom. The number of ether oxygens (including phenoxy) is 2. The van der Waals surface area contributed by atoms with Gasteiger partial charge in [0.25, 0.3) is 0 Å². The lowest BCUT2D eigenvalue weighted by molar-refractivity contribution is -0.140. The first-order valence-electron chi connectivity index (χ1n) is 13.4. The lowest BCUT2D eigenvalue weighted by Gasteiger charge is -2.31. The van der Waals surface area contributed by atoms with Gasteiger partial charge in [-0.3, -0.25) is 4.90 Å². The third-order valence-electron chi connectivity index (χ3n) is 7.74. The van der Waals surface area contributed by atoms with Gasteiger partial charge in [0.2, 0.25) is 0 Å². The molecule has 1 aromatic carbocycles. The number of rotatable bonds is 7. The van der Waals surface area contributed by atoms with E-state index in [0.717, 1.165) is 60.7 Å². The monoisotopic (exact) mass is 559 g/mol. The third kappa shape index (κ3) is 5.63. The zero-order valence-corrected chi connectivity index (χ0v) is 22.7. The number of hydrogen-bond acceptors (Lipinski definition) is 7. The number of thiophene rings is 1. The molecular formula is C28H32F3N5O2S. The van der Waals surface area contributed by atoms with Crippen molar-refractivity contribution in [3.63, 3.8) is 0 Å². The fourth-order valence-corrected chi connectivity index (χ4v) is 6.75. The van der Waals surface area contributed by atoms with Crippen molar-refractivity contribution in [1.82, 2.24) is 19.9 Å². The van der Waals surface area contributed by atoms with Crippen LogP contribution in [0.25, 0.3) is 32.5 Å². The highest BCUT2D eigenvalue weighted by atomic mass is 32.1. The number of anilines is 1. The number of benzene rings is 1. The van der Waals surface area contributed by atoms with Gasteiger partial charge in [-0.15, -0.1) is 11.3 Å². The minimum atomic E-state index is -4.46. The van der Waals surface area contributed by atoms with Crippen LogP contribution in [0.1, 0.15) is 29.8 Å². The molecule has 208 valence electrons. The lowest BCUT2D eigenvalue weighted by atomic mass is 9.94. The highest BCUT2D eigenvalue weighted by Gasteiger charge is 2.33. The van der Waals surface area contributed by atoms with Gasteiger partial charge in [-0.1, -0.05) is 12.1 Å². The summed E-state index contributed by atoms with van der Waals surface area (Å²) in [5.74, 6) is 1.99. The summed E-state index contributed by atoms with van der Waals surface area (Å²) in [5.41, 5.74) is 1.06. The second kappa shape index (κ2) is 11.0. The topological polar surface area (TPSA) is 66.5 Å². The van der Waals surface area contributed by atoms with Crippen LogP contribution >= 0.6 is 11.3 Å². The van der Waals surface area contributed by atoms with Crippen LogP contribution in [-0.2, 0) is 22.2 Å². The van der Waals surface area contributed by atoms with Crippen LogP contribution in [0.4, 0.5) is 19.0 Å². The Balaban J connectivity index is 1.35. The number of halogens is 3. The number of nitrogens with zero attached hydrogens (tertiary/aromatic N) is 4. The van der Waals surface area contributed by atoms with E-state index < -0.39 is 11.9 Å². The molecule has 3 aromatic heterocycles. The Labute approximate surface area is 228 Å². The normalized spacial score (nSPS) is 18.0. The number of hydrogen-bond donors (Lipinski definition) is 1. The molecule has 0 saturated carbocycles. The van der Waals surface area contributed by atoms with E-state index >= 15 is 0 Å². The van der Waals surface area contributed by atoms with E-state index in [2.05, 4.69) is 20.9 Å². The number of alkyl halides is 3. The average molecular weight is 560 g/mol. The average Bonchev–Trinajstić information content (AvgIpc) is 3.57. The highest BCUT2D eigenvalue weighted by Crippen LogP contribution is 2.38. The van der Waals surface area contributed by atoms with Crippen LogP contribution in [0, 0.1) is 5.92 Å². The first kappa shape index (κ1) is 26.5. The second-order valence-corrected chi connectivity index (χ2v) is 11.5.